The molecule has 15 nitrogen and oxygen atoms in total. The monoisotopic (exact) mass is 767 g/mol. The van der Waals surface area contributed by atoms with E-state index in [1.165, 1.54) is 12.0 Å². The molecule has 2 aliphatic heterocycles. The summed E-state index contributed by atoms with van der Waals surface area (Å²) in [5, 5.41) is 18.4. The number of aromatic nitrogens is 2. The zero-order chi connectivity index (χ0) is 39.2. The molecule has 1 saturated heterocycles. The molecule has 2 aromatic rings. The van der Waals surface area contributed by atoms with Crippen molar-refractivity contribution in [3.63, 3.8) is 0 Å². The maximum Gasteiger partial charge on any atom is 0.315 e. The van der Waals surface area contributed by atoms with Crippen LogP contribution in [-0.2, 0) is 24.4 Å². The van der Waals surface area contributed by atoms with Crippen LogP contribution in [0.4, 0.5) is 4.79 Å². The minimum Gasteiger partial charge on any atom is -0.479 e. The zero-order valence-electron chi connectivity index (χ0n) is 32.1. The Labute approximate surface area is 316 Å². The SMILES string of the molecule is COc1nnc(OC2CC3C(=O)NC4(C(=O)NS(=O)(=O)C5(C)CC5)CC4C=CCCC(C)CC(C)C(NC(=O)NC(C)(C)C)C(=O)N3C2)c2ccccc12. The van der Waals surface area contributed by atoms with Gasteiger partial charge in [-0.2, -0.15) is 0 Å². The standard InChI is InChI=1S/C38H53N7O8S/c1-22-12-8-9-13-24-20-38(24,34(48)44-54(50,51)37(6)16-17-37)40-30(46)28-19-25(53-32-27-15-11-10-14-26(27)31(52-7)42-43-32)21-45(28)33(47)29(23(2)18-22)39-35(49)41-36(3,4)5/h9-11,13-15,22-25,28-29H,8,12,16-21H2,1-7H3,(H,40,46)(H,44,48)(H2,39,41,49). The highest BCUT2D eigenvalue weighted by Crippen LogP contribution is 2.47. The van der Waals surface area contributed by atoms with Crippen LogP contribution in [0.5, 0.6) is 11.8 Å². The minimum atomic E-state index is -4.00. The number of hydrogen-bond donors (Lipinski definition) is 4. The van der Waals surface area contributed by atoms with Crippen molar-refractivity contribution in [1.29, 1.82) is 0 Å². The molecule has 6 rings (SSSR count). The van der Waals surface area contributed by atoms with Crippen LogP contribution in [-0.4, -0.2) is 94.9 Å². The number of urea groups is 1. The summed E-state index contributed by atoms with van der Waals surface area (Å²) in [6.07, 6.45) is 6.28. The summed E-state index contributed by atoms with van der Waals surface area (Å²) in [5.74, 6) is -1.99. The average molecular weight is 768 g/mol. The van der Waals surface area contributed by atoms with Crippen LogP contribution < -0.4 is 30.1 Å². The van der Waals surface area contributed by atoms with E-state index in [4.69, 9.17) is 9.47 Å². The summed E-state index contributed by atoms with van der Waals surface area (Å²) < 4.78 is 39.4. The number of sulfonamides is 1. The highest BCUT2D eigenvalue weighted by molar-refractivity contribution is 7.91. The van der Waals surface area contributed by atoms with Gasteiger partial charge < -0.3 is 30.3 Å². The third-order valence-corrected chi connectivity index (χ3v) is 13.3. The lowest BCUT2D eigenvalue weighted by Crippen LogP contribution is -2.60. The number of amides is 5. The molecule has 4 aliphatic rings. The summed E-state index contributed by atoms with van der Waals surface area (Å²) in [7, 11) is -2.50. The van der Waals surface area contributed by atoms with Crippen LogP contribution in [0.1, 0.15) is 86.5 Å². The molecule has 7 unspecified atom stereocenters. The van der Waals surface area contributed by atoms with Gasteiger partial charge in [0.1, 0.15) is 23.7 Å². The fraction of sp³-hybridized carbons (Fsp3) is 0.632. The van der Waals surface area contributed by atoms with E-state index in [0.717, 1.165) is 6.42 Å². The Morgan fingerprint density at radius 1 is 1.04 bits per heavy atom. The number of rotatable bonds is 7. The van der Waals surface area contributed by atoms with Crippen molar-refractivity contribution in [1.82, 2.24) is 35.8 Å². The Morgan fingerprint density at radius 2 is 1.70 bits per heavy atom. The van der Waals surface area contributed by atoms with Gasteiger partial charge in [0, 0.05) is 17.9 Å². The van der Waals surface area contributed by atoms with E-state index in [1.807, 2.05) is 64.1 Å². The first-order valence-electron chi connectivity index (χ1n) is 18.8. The molecule has 0 spiro atoms. The van der Waals surface area contributed by atoms with Gasteiger partial charge in [0.05, 0.1) is 29.2 Å². The van der Waals surface area contributed by atoms with Gasteiger partial charge in [0.25, 0.3) is 5.91 Å². The number of benzene rings is 1. The Kier molecular flexibility index (Phi) is 10.6. The predicted molar refractivity (Wildman–Crippen MR) is 201 cm³/mol. The van der Waals surface area contributed by atoms with Crippen molar-refractivity contribution in [2.24, 2.45) is 17.8 Å². The van der Waals surface area contributed by atoms with E-state index in [1.54, 1.807) is 6.92 Å². The molecule has 0 radical (unpaired) electrons. The topological polar surface area (TPSA) is 198 Å². The molecule has 0 bridgehead atoms. The number of hydrogen-bond acceptors (Lipinski definition) is 10. The van der Waals surface area contributed by atoms with E-state index < -0.39 is 73.7 Å². The van der Waals surface area contributed by atoms with Gasteiger partial charge in [-0.25, -0.2) is 13.2 Å². The number of fused-ring (bicyclic) bond motifs is 3. The smallest absolute Gasteiger partial charge is 0.315 e. The molecule has 7 atom stereocenters. The normalized spacial score (nSPS) is 29.8. The van der Waals surface area contributed by atoms with Crippen molar-refractivity contribution in [3.8, 4) is 11.8 Å². The van der Waals surface area contributed by atoms with E-state index in [9.17, 15) is 27.6 Å². The molecule has 16 heteroatoms. The quantitative estimate of drug-likeness (QED) is 0.303. The van der Waals surface area contributed by atoms with Crippen molar-refractivity contribution >= 4 is 44.5 Å². The largest absolute Gasteiger partial charge is 0.479 e. The van der Waals surface area contributed by atoms with Crippen LogP contribution in [0, 0.1) is 17.8 Å². The van der Waals surface area contributed by atoms with Gasteiger partial charge in [-0.05, 0) is 90.2 Å². The van der Waals surface area contributed by atoms with Crippen molar-refractivity contribution in [2.75, 3.05) is 13.7 Å². The first-order chi connectivity index (χ1) is 25.4. The van der Waals surface area contributed by atoms with E-state index in [-0.39, 0.29) is 37.1 Å². The van der Waals surface area contributed by atoms with E-state index >= 15 is 0 Å². The second-order valence-electron chi connectivity index (χ2n) is 16.8. The third kappa shape index (κ3) is 8.13. The molecule has 2 saturated carbocycles. The number of carbonyl (C=O) groups is 4. The lowest BCUT2D eigenvalue weighted by molar-refractivity contribution is -0.142. The van der Waals surface area contributed by atoms with Gasteiger partial charge in [-0.3, -0.25) is 19.1 Å². The summed E-state index contributed by atoms with van der Waals surface area (Å²) in [5.41, 5.74) is -2.10. The Morgan fingerprint density at radius 3 is 2.35 bits per heavy atom. The summed E-state index contributed by atoms with van der Waals surface area (Å²) in [6, 6.07) is 4.64. The van der Waals surface area contributed by atoms with Crippen LogP contribution in [0.2, 0.25) is 0 Å². The second-order valence-corrected chi connectivity index (χ2v) is 19.0. The van der Waals surface area contributed by atoms with Gasteiger partial charge in [0.2, 0.25) is 33.6 Å². The number of nitrogens with one attached hydrogen (secondary N) is 4. The third-order valence-electron chi connectivity index (χ3n) is 11.1. The molecule has 2 aliphatic carbocycles. The van der Waals surface area contributed by atoms with Gasteiger partial charge >= 0.3 is 6.03 Å². The Bertz CT molecular complexity index is 1940. The molecule has 1 aromatic carbocycles. The number of nitrogens with zero attached hydrogens (tertiary/aromatic N) is 3. The molecule has 1 aromatic heterocycles. The molecule has 5 amide bonds. The summed E-state index contributed by atoms with van der Waals surface area (Å²) in [4.78, 5) is 57.8. The number of carbonyl (C=O) groups excluding carboxylic acids is 4. The second kappa shape index (κ2) is 14.6. The van der Waals surface area contributed by atoms with Crippen LogP contribution in [0.3, 0.4) is 0 Å². The van der Waals surface area contributed by atoms with Gasteiger partial charge in [-0.1, -0.05) is 38.1 Å². The van der Waals surface area contributed by atoms with Crippen molar-refractivity contribution < 1.29 is 37.1 Å². The average Bonchev–Trinajstić information content (AvgIpc) is 3.98. The fourth-order valence-electron chi connectivity index (χ4n) is 7.57. The fourth-order valence-corrected chi connectivity index (χ4v) is 8.88. The van der Waals surface area contributed by atoms with E-state index in [0.29, 0.717) is 42.3 Å². The molecule has 3 heterocycles. The predicted octanol–water partition coefficient (Wildman–Crippen LogP) is 3.34. The Balaban J connectivity index is 1.35. The maximum absolute atomic E-state index is 14.8. The first kappa shape index (κ1) is 39.2. The molecule has 3 fully saturated rings. The summed E-state index contributed by atoms with van der Waals surface area (Å²) in [6.45, 7) is 11.1. The van der Waals surface area contributed by atoms with Crippen LogP contribution in [0.25, 0.3) is 10.8 Å². The molecular formula is C38H53N7O8S. The van der Waals surface area contributed by atoms with Crippen molar-refractivity contribution in [3.05, 3.63) is 36.4 Å². The highest BCUT2D eigenvalue weighted by Gasteiger charge is 2.63. The van der Waals surface area contributed by atoms with Gasteiger partial charge in [0.15, 0.2) is 0 Å². The number of allylic oxidation sites excluding steroid dienone is 1. The first-order valence-corrected chi connectivity index (χ1v) is 20.3. The lowest BCUT2D eigenvalue weighted by Gasteiger charge is -2.33. The maximum atomic E-state index is 14.8. The molecular weight excluding hydrogens is 715 g/mol. The number of ether oxygens (including phenoxy) is 2. The minimum absolute atomic E-state index is 0.0277. The summed E-state index contributed by atoms with van der Waals surface area (Å²) >= 11 is 0. The Hall–Kier alpha value is -4.47. The lowest BCUT2D eigenvalue weighted by atomic mass is 9.88. The molecule has 54 heavy (non-hydrogen) atoms. The zero-order valence-corrected chi connectivity index (χ0v) is 32.9. The van der Waals surface area contributed by atoms with E-state index in [2.05, 4.69) is 37.8 Å². The highest BCUT2D eigenvalue weighted by atomic mass is 32.2. The van der Waals surface area contributed by atoms with Crippen LogP contribution in [0.15, 0.2) is 36.4 Å². The van der Waals surface area contributed by atoms with Crippen LogP contribution >= 0.6 is 0 Å². The van der Waals surface area contributed by atoms with Crippen molar-refractivity contribution in [2.45, 2.75) is 121 Å². The molecule has 294 valence electrons. The van der Waals surface area contributed by atoms with Gasteiger partial charge in [-0.15, -0.1) is 10.2 Å². The number of methoxy groups -OCH3 is 1. The molecule has 4 N–H and O–H groups in total.